The SMILES string of the molecule is Cn1nc(-c2ccccn2)cc1NC(=O)Cc1ccc(-n2cnnn2)cc1. The highest BCUT2D eigenvalue weighted by molar-refractivity contribution is 5.92. The normalized spacial score (nSPS) is 10.7. The van der Waals surface area contributed by atoms with Crippen LogP contribution in [0.1, 0.15) is 5.56 Å². The summed E-state index contributed by atoms with van der Waals surface area (Å²) in [5.41, 5.74) is 3.18. The summed E-state index contributed by atoms with van der Waals surface area (Å²) < 4.78 is 3.18. The minimum absolute atomic E-state index is 0.124. The fraction of sp³-hybridized carbons (Fsp3) is 0.111. The van der Waals surface area contributed by atoms with Crippen LogP contribution >= 0.6 is 0 Å². The van der Waals surface area contributed by atoms with Gasteiger partial charge in [-0.1, -0.05) is 18.2 Å². The van der Waals surface area contributed by atoms with Gasteiger partial charge in [0.05, 0.1) is 17.8 Å². The summed E-state index contributed by atoms with van der Waals surface area (Å²) >= 11 is 0. The van der Waals surface area contributed by atoms with E-state index >= 15 is 0 Å². The number of rotatable bonds is 5. The van der Waals surface area contributed by atoms with E-state index in [1.807, 2.05) is 42.5 Å². The van der Waals surface area contributed by atoms with E-state index in [0.717, 1.165) is 16.9 Å². The highest BCUT2D eigenvalue weighted by Gasteiger charge is 2.11. The Morgan fingerprint density at radius 3 is 2.67 bits per heavy atom. The molecule has 1 N–H and O–H groups in total. The number of pyridine rings is 1. The van der Waals surface area contributed by atoms with Crippen molar-refractivity contribution < 1.29 is 4.79 Å². The van der Waals surface area contributed by atoms with Crippen LogP contribution in [0.25, 0.3) is 17.1 Å². The minimum Gasteiger partial charge on any atom is -0.311 e. The topological polar surface area (TPSA) is 103 Å². The maximum atomic E-state index is 12.4. The van der Waals surface area contributed by atoms with Crippen LogP contribution in [-0.4, -0.2) is 40.9 Å². The Bertz CT molecular complexity index is 1040. The molecule has 4 aromatic rings. The smallest absolute Gasteiger partial charge is 0.229 e. The van der Waals surface area contributed by atoms with E-state index in [1.165, 1.54) is 6.33 Å². The van der Waals surface area contributed by atoms with Crippen molar-refractivity contribution in [2.75, 3.05) is 5.32 Å². The van der Waals surface area contributed by atoms with E-state index in [9.17, 15) is 4.79 Å². The van der Waals surface area contributed by atoms with Crippen LogP contribution in [0.15, 0.2) is 61.1 Å². The number of aryl methyl sites for hydroxylation is 1. The molecule has 0 spiro atoms. The van der Waals surface area contributed by atoms with E-state index < -0.39 is 0 Å². The number of anilines is 1. The van der Waals surface area contributed by atoms with E-state index in [-0.39, 0.29) is 12.3 Å². The second-order valence-electron chi connectivity index (χ2n) is 5.90. The average Bonchev–Trinajstić information content (AvgIpc) is 3.34. The number of carbonyl (C=O) groups excluding carboxylic acids is 1. The maximum Gasteiger partial charge on any atom is 0.229 e. The lowest BCUT2D eigenvalue weighted by molar-refractivity contribution is -0.115. The first kappa shape index (κ1) is 16.6. The molecule has 0 aliphatic rings. The Morgan fingerprint density at radius 2 is 1.96 bits per heavy atom. The van der Waals surface area contributed by atoms with Crippen LogP contribution in [0.2, 0.25) is 0 Å². The number of nitrogens with zero attached hydrogens (tertiary/aromatic N) is 7. The van der Waals surface area contributed by atoms with Crippen molar-refractivity contribution in [1.29, 1.82) is 0 Å². The largest absolute Gasteiger partial charge is 0.311 e. The number of amides is 1. The van der Waals surface area contributed by atoms with Gasteiger partial charge in [-0.2, -0.15) is 5.10 Å². The quantitative estimate of drug-likeness (QED) is 0.580. The van der Waals surface area contributed by atoms with Gasteiger partial charge in [-0.15, -0.1) is 5.10 Å². The monoisotopic (exact) mass is 360 g/mol. The number of hydrogen-bond acceptors (Lipinski definition) is 6. The molecule has 1 aromatic carbocycles. The number of tetrazole rings is 1. The number of benzene rings is 1. The van der Waals surface area contributed by atoms with Gasteiger partial charge in [0.15, 0.2) is 0 Å². The van der Waals surface area contributed by atoms with Crippen molar-refractivity contribution in [2.45, 2.75) is 6.42 Å². The van der Waals surface area contributed by atoms with Crippen molar-refractivity contribution in [2.24, 2.45) is 7.05 Å². The third-order valence-electron chi connectivity index (χ3n) is 3.99. The lowest BCUT2D eigenvalue weighted by Gasteiger charge is -2.06. The summed E-state index contributed by atoms with van der Waals surface area (Å²) in [7, 11) is 1.78. The Labute approximate surface area is 154 Å². The zero-order valence-corrected chi connectivity index (χ0v) is 14.5. The maximum absolute atomic E-state index is 12.4. The molecule has 4 rings (SSSR count). The van der Waals surface area contributed by atoms with E-state index in [1.54, 1.807) is 28.7 Å². The first-order valence-electron chi connectivity index (χ1n) is 8.26. The molecular formula is C18H16N8O. The van der Waals surface area contributed by atoms with Crippen molar-refractivity contribution in [3.63, 3.8) is 0 Å². The molecule has 27 heavy (non-hydrogen) atoms. The van der Waals surface area contributed by atoms with Crippen LogP contribution in [-0.2, 0) is 18.3 Å². The van der Waals surface area contributed by atoms with Crippen LogP contribution in [0.4, 0.5) is 5.82 Å². The molecule has 9 heteroatoms. The Hall–Kier alpha value is -3.88. The molecule has 0 atom stereocenters. The van der Waals surface area contributed by atoms with Crippen molar-refractivity contribution in [1.82, 2.24) is 35.0 Å². The van der Waals surface area contributed by atoms with Gasteiger partial charge >= 0.3 is 0 Å². The first-order chi connectivity index (χ1) is 13.2. The van der Waals surface area contributed by atoms with Crippen molar-refractivity contribution in [3.8, 4) is 17.1 Å². The molecule has 134 valence electrons. The van der Waals surface area contributed by atoms with E-state index in [0.29, 0.717) is 11.5 Å². The van der Waals surface area contributed by atoms with Gasteiger partial charge in [0.2, 0.25) is 5.91 Å². The molecular weight excluding hydrogens is 344 g/mol. The summed E-state index contributed by atoms with van der Waals surface area (Å²) in [6, 6.07) is 14.9. The number of carbonyl (C=O) groups is 1. The van der Waals surface area contributed by atoms with Gasteiger partial charge in [0, 0.05) is 19.3 Å². The number of nitrogens with one attached hydrogen (secondary N) is 1. The molecule has 3 heterocycles. The second-order valence-corrected chi connectivity index (χ2v) is 5.90. The summed E-state index contributed by atoms with van der Waals surface area (Å²) in [6.07, 6.45) is 3.48. The summed E-state index contributed by atoms with van der Waals surface area (Å²) in [4.78, 5) is 16.7. The van der Waals surface area contributed by atoms with Gasteiger partial charge in [-0.05, 0) is 40.3 Å². The molecule has 0 saturated carbocycles. The Balaban J connectivity index is 1.43. The molecule has 0 fully saturated rings. The van der Waals surface area contributed by atoms with Gasteiger partial charge in [0.25, 0.3) is 0 Å². The first-order valence-corrected chi connectivity index (χ1v) is 8.26. The Kier molecular flexibility index (Phi) is 4.40. The summed E-state index contributed by atoms with van der Waals surface area (Å²) in [5.74, 6) is 0.492. The zero-order chi connectivity index (χ0) is 18.6. The van der Waals surface area contributed by atoms with Crippen LogP contribution < -0.4 is 5.32 Å². The fourth-order valence-electron chi connectivity index (χ4n) is 2.64. The molecule has 9 nitrogen and oxygen atoms in total. The number of hydrogen-bond donors (Lipinski definition) is 1. The third kappa shape index (κ3) is 3.71. The van der Waals surface area contributed by atoms with Gasteiger partial charge in [0.1, 0.15) is 17.8 Å². The minimum atomic E-state index is -0.124. The van der Waals surface area contributed by atoms with Crippen molar-refractivity contribution >= 4 is 11.7 Å². The summed E-state index contributed by atoms with van der Waals surface area (Å²) in [5, 5.41) is 18.3. The molecule has 0 saturated heterocycles. The molecule has 0 radical (unpaired) electrons. The fourth-order valence-corrected chi connectivity index (χ4v) is 2.64. The van der Waals surface area contributed by atoms with Gasteiger partial charge in [-0.3, -0.25) is 14.5 Å². The summed E-state index contributed by atoms with van der Waals surface area (Å²) in [6.45, 7) is 0. The van der Waals surface area contributed by atoms with Gasteiger partial charge < -0.3 is 5.32 Å². The predicted molar refractivity (Wildman–Crippen MR) is 97.9 cm³/mol. The van der Waals surface area contributed by atoms with Crippen LogP contribution in [0.5, 0.6) is 0 Å². The van der Waals surface area contributed by atoms with E-state index in [4.69, 9.17) is 0 Å². The molecule has 1 amide bonds. The molecule has 0 aliphatic heterocycles. The highest BCUT2D eigenvalue weighted by atomic mass is 16.1. The molecule has 0 aliphatic carbocycles. The number of aromatic nitrogens is 7. The lowest BCUT2D eigenvalue weighted by Crippen LogP contribution is -2.16. The van der Waals surface area contributed by atoms with E-state index in [2.05, 4.69) is 30.9 Å². The molecule has 0 bridgehead atoms. The third-order valence-corrected chi connectivity index (χ3v) is 3.99. The van der Waals surface area contributed by atoms with Crippen LogP contribution in [0, 0.1) is 0 Å². The average molecular weight is 360 g/mol. The predicted octanol–water partition coefficient (Wildman–Crippen LogP) is 1.64. The van der Waals surface area contributed by atoms with Crippen molar-refractivity contribution in [3.05, 3.63) is 66.6 Å². The highest BCUT2D eigenvalue weighted by Crippen LogP contribution is 2.19. The van der Waals surface area contributed by atoms with Crippen LogP contribution in [0.3, 0.4) is 0 Å². The molecule has 3 aromatic heterocycles. The lowest BCUT2D eigenvalue weighted by atomic mass is 10.1. The Morgan fingerprint density at radius 1 is 1.11 bits per heavy atom. The second kappa shape index (κ2) is 7.16. The zero-order valence-electron chi connectivity index (χ0n) is 14.5. The standard InChI is InChI=1S/C18H16N8O/c1-25-17(11-16(22-25)15-4-2-3-9-19-15)21-18(27)10-13-5-7-14(8-6-13)26-12-20-23-24-26/h2-9,11-12H,10H2,1H3,(H,21,27). The van der Waals surface area contributed by atoms with Gasteiger partial charge in [-0.25, -0.2) is 4.68 Å². The molecule has 0 unspecified atom stereocenters.